The molecule has 7 heteroatoms. The maximum atomic E-state index is 14.5. The highest BCUT2D eigenvalue weighted by Gasteiger charge is 2.33. The molecule has 33 heavy (non-hydrogen) atoms. The van der Waals surface area contributed by atoms with Gasteiger partial charge in [-0.1, -0.05) is 51.1 Å². The predicted molar refractivity (Wildman–Crippen MR) is 133 cm³/mol. The molecule has 0 bridgehead atoms. The Morgan fingerprint density at radius 3 is 2.48 bits per heavy atom. The van der Waals surface area contributed by atoms with Crippen LogP contribution in [0.4, 0.5) is 10.1 Å². The van der Waals surface area contributed by atoms with Crippen LogP contribution in [0.15, 0.2) is 76.2 Å². The second-order valence-electron chi connectivity index (χ2n) is 8.04. The first-order valence-electron chi connectivity index (χ1n) is 11.7. The van der Waals surface area contributed by atoms with Gasteiger partial charge in [-0.25, -0.2) is 9.38 Å². The number of amidine groups is 1. The van der Waals surface area contributed by atoms with Crippen LogP contribution in [0.25, 0.3) is 0 Å². The average molecular weight is 452 g/mol. The largest absolute Gasteiger partial charge is 0.398 e. The molecular weight excluding hydrogens is 417 g/mol. The van der Waals surface area contributed by atoms with Gasteiger partial charge in [0.2, 0.25) is 0 Å². The van der Waals surface area contributed by atoms with Crippen molar-refractivity contribution in [1.82, 2.24) is 10.2 Å². The summed E-state index contributed by atoms with van der Waals surface area (Å²) in [7, 11) is 0. The number of fused-ring (bicyclic) bond motifs is 1. The van der Waals surface area contributed by atoms with Crippen LogP contribution in [0.3, 0.4) is 0 Å². The summed E-state index contributed by atoms with van der Waals surface area (Å²) in [6.45, 7) is 9.53. The standard InChI is InChI=1S/C24H28FN5O.C2H6/c1-2-30-13-11-16(12-14-30)15-7-9-17(10-8-15)28-23(27)21-22(26)20-18(25)5-3-4-6-19(20)29-24(21)31;1-2/h3-10,16,19H,2,11-14,26H2,1H3,(H2,27,28)(H,29,31);1-2H3. The van der Waals surface area contributed by atoms with Crippen LogP contribution in [0.5, 0.6) is 0 Å². The molecule has 1 saturated heterocycles. The van der Waals surface area contributed by atoms with Gasteiger partial charge in [-0.3, -0.25) is 4.79 Å². The van der Waals surface area contributed by atoms with Crippen molar-refractivity contribution in [3.8, 4) is 0 Å². The number of allylic oxidation sites excluding steroid dienone is 4. The van der Waals surface area contributed by atoms with E-state index in [-0.39, 0.29) is 22.7 Å². The van der Waals surface area contributed by atoms with Crippen molar-refractivity contribution in [3.05, 3.63) is 76.8 Å². The van der Waals surface area contributed by atoms with E-state index in [1.165, 1.54) is 11.6 Å². The van der Waals surface area contributed by atoms with Crippen molar-refractivity contribution in [1.29, 1.82) is 0 Å². The molecule has 4 rings (SSSR count). The van der Waals surface area contributed by atoms with E-state index in [1.54, 1.807) is 18.2 Å². The summed E-state index contributed by atoms with van der Waals surface area (Å²) in [6, 6.07) is 7.29. The normalized spacial score (nSPS) is 21.9. The molecule has 2 aliphatic heterocycles. The minimum absolute atomic E-state index is 0.00103. The number of halogens is 1. The smallest absolute Gasteiger partial charge is 0.257 e. The number of rotatable bonds is 4. The Morgan fingerprint density at radius 2 is 1.85 bits per heavy atom. The number of hydrogen-bond acceptors (Lipinski definition) is 4. The number of aliphatic imine (C=N–C) groups is 1. The number of carbonyl (C=O) groups is 1. The molecule has 1 fully saturated rings. The minimum Gasteiger partial charge on any atom is -0.398 e. The highest BCUT2D eigenvalue weighted by Crippen LogP contribution is 2.30. The molecule has 5 N–H and O–H groups in total. The zero-order valence-corrected chi connectivity index (χ0v) is 19.6. The molecule has 1 aliphatic carbocycles. The Hall–Kier alpha value is -3.19. The summed E-state index contributed by atoms with van der Waals surface area (Å²) in [5.74, 6) is -0.457. The zero-order chi connectivity index (χ0) is 24.0. The topological polar surface area (TPSA) is 96.7 Å². The van der Waals surface area contributed by atoms with E-state index >= 15 is 0 Å². The Bertz CT molecular complexity index is 1010. The van der Waals surface area contributed by atoms with Crippen LogP contribution in [-0.2, 0) is 4.79 Å². The second kappa shape index (κ2) is 11.1. The molecule has 0 spiro atoms. The Labute approximate surface area is 195 Å². The van der Waals surface area contributed by atoms with Crippen LogP contribution in [0, 0.1) is 0 Å². The lowest BCUT2D eigenvalue weighted by Gasteiger charge is -2.31. The van der Waals surface area contributed by atoms with E-state index in [0.29, 0.717) is 11.6 Å². The van der Waals surface area contributed by atoms with Crippen molar-refractivity contribution in [2.75, 3.05) is 19.6 Å². The van der Waals surface area contributed by atoms with Gasteiger partial charge in [0, 0.05) is 5.57 Å². The average Bonchev–Trinajstić information content (AvgIpc) is 3.02. The van der Waals surface area contributed by atoms with E-state index < -0.39 is 17.8 Å². The van der Waals surface area contributed by atoms with Gasteiger partial charge in [0.25, 0.3) is 5.91 Å². The highest BCUT2D eigenvalue weighted by atomic mass is 19.1. The van der Waals surface area contributed by atoms with E-state index in [0.717, 1.165) is 32.5 Å². The molecular formula is C26H34FN5O. The first-order chi connectivity index (χ1) is 16.0. The molecule has 3 aliphatic rings. The lowest BCUT2D eigenvalue weighted by Crippen LogP contribution is -2.46. The van der Waals surface area contributed by atoms with E-state index in [9.17, 15) is 9.18 Å². The van der Waals surface area contributed by atoms with Gasteiger partial charge in [-0.15, -0.1) is 0 Å². The van der Waals surface area contributed by atoms with Crippen molar-refractivity contribution in [3.63, 3.8) is 0 Å². The fourth-order valence-corrected chi connectivity index (χ4v) is 4.39. The third-order valence-electron chi connectivity index (χ3n) is 6.20. The Balaban J connectivity index is 0.00000149. The second-order valence-corrected chi connectivity index (χ2v) is 8.04. The van der Waals surface area contributed by atoms with Gasteiger partial charge in [-0.2, -0.15) is 0 Å². The summed E-state index contributed by atoms with van der Waals surface area (Å²) in [6.07, 6.45) is 8.51. The molecule has 1 atom stereocenters. The third-order valence-corrected chi connectivity index (χ3v) is 6.20. The Kier molecular flexibility index (Phi) is 8.22. The number of nitrogens with zero attached hydrogens (tertiary/aromatic N) is 2. The van der Waals surface area contributed by atoms with Gasteiger partial charge in [-0.05, 0) is 62.2 Å². The first-order valence-corrected chi connectivity index (χ1v) is 11.7. The summed E-state index contributed by atoms with van der Waals surface area (Å²) in [4.78, 5) is 19.5. The number of nitrogens with two attached hydrogens (primary N) is 2. The molecule has 6 nitrogen and oxygen atoms in total. The number of piperidine rings is 1. The first kappa shape index (κ1) is 24.5. The monoisotopic (exact) mass is 451 g/mol. The molecule has 1 amide bonds. The van der Waals surface area contributed by atoms with Crippen molar-refractivity contribution in [2.45, 2.75) is 45.6 Å². The highest BCUT2D eigenvalue weighted by molar-refractivity contribution is 6.22. The minimum atomic E-state index is -0.627. The van der Waals surface area contributed by atoms with E-state index in [2.05, 4.69) is 34.3 Å². The predicted octanol–water partition coefficient (Wildman–Crippen LogP) is 3.96. The lowest BCUT2D eigenvalue weighted by molar-refractivity contribution is -0.117. The van der Waals surface area contributed by atoms with Gasteiger partial charge >= 0.3 is 0 Å². The molecule has 1 unspecified atom stereocenters. The van der Waals surface area contributed by atoms with Gasteiger partial charge < -0.3 is 21.7 Å². The van der Waals surface area contributed by atoms with E-state index in [4.69, 9.17) is 11.5 Å². The maximum absolute atomic E-state index is 14.5. The fraction of sp³-hybridized carbons (Fsp3) is 0.385. The summed E-state index contributed by atoms with van der Waals surface area (Å²) in [5, 5.41) is 2.73. The fourth-order valence-electron chi connectivity index (χ4n) is 4.39. The number of nitrogens with one attached hydrogen (secondary N) is 1. The molecule has 0 saturated carbocycles. The van der Waals surface area contributed by atoms with Crippen LogP contribution in [0.2, 0.25) is 0 Å². The number of likely N-dealkylation sites (tertiary alicyclic amines) is 1. The third kappa shape index (κ3) is 5.42. The molecule has 2 heterocycles. The molecule has 1 aromatic carbocycles. The van der Waals surface area contributed by atoms with Crippen LogP contribution in [-0.4, -0.2) is 42.3 Å². The summed E-state index contributed by atoms with van der Waals surface area (Å²) >= 11 is 0. The van der Waals surface area contributed by atoms with Gasteiger partial charge in [0.05, 0.1) is 17.4 Å². The van der Waals surface area contributed by atoms with Gasteiger partial charge in [0.15, 0.2) is 0 Å². The number of carbonyl (C=O) groups excluding carboxylic acids is 1. The number of amides is 1. The molecule has 0 radical (unpaired) electrons. The molecule has 176 valence electrons. The number of benzene rings is 1. The number of hydrogen-bond donors (Lipinski definition) is 3. The maximum Gasteiger partial charge on any atom is 0.257 e. The SMILES string of the molecule is CC.CCN1CCC(c2ccc(N=C(N)C3=C(N)C4=C(F)C=CC=CC4NC3=O)cc2)CC1. The van der Waals surface area contributed by atoms with Crippen molar-refractivity contribution < 1.29 is 9.18 Å². The van der Waals surface area contributed by atoms with Crippen molar-refractivity contribution in [2.24, 2.45) is 16.5 Å². The summed E-state index contributed by atoms with van der Waals surface area (Å²) < 4.78 is 14.5. The van der Waals surface area contributed by atoms with Crippen LogP contribution in [0.1, 0.15) is 45.1 Å². The Morgan fingerprint density at radius 1 is 1.18 bits per heavy atom. The van der Waals surface area contributed by atoms with Gasteiger partial charge in [0.1, 0.15) is 17.2 Å². The molecule has 1 aromatic rings. The van der Waals surface area contributed by atoms with Crippen molar-refractivity contribution >= 4 is 17.4 Å². The van der Waals surface area contributed by atoms with E-state index in [1.807, 2.05) is 26.0 Å². The zero-order valence-electron chi connectivity index (χ0n) is 19.6. The molecule has 0 aromatic heterocycles. The van der Waals surface area contributed by atoms with Crippen LogP contribution >= 0.6 is 0 Å². The quantitative estimate of drug-likeness (QED) is 0.477. The lowest BCUT2D eigenvalue weighted by atomic mass is 9.89. The summed E-state index contributed by atoms with van der Waals surface area (Å²) in [5.41, 5.74) is 14.4. The van der Waals surface area contributed by atoms with Crippen LogP contribution < -0.4 is 16.8 Å².